The summed E-state index contributed by atoms with van der Waals surface area (Å²) in [5.74, 6) is -0.698. The number of tetrazole rings is 1. The first-order valence-electron chi connectivity index (χ1n) is 7.81. The van der Waals surface area contributed by atoms with E-state index >= 15 is 0 Å². The van der Waals surface area contributed by atoms with Crippen LogP contribution in [0.15, 0.2) is 57.5 Å². The van der Waals surface area contributed by atoms with Gasteiger partial charge in [0.25, 0.3) is 0 Å². The van der Waals surface area contributed by atoms with Crippen molar-refractivity contribution in [1.29, 1.82) is 0 Å². The highest BCUT2D eigenvalue weighted by atomic mass is 79.9. The molecule has 8 nitrogen and oxygen atoms in total. The molecule has 1 N–H and O–H groups in total. The fourth-order valence-electron chi connectivity index (χ4n) is 2.91. The van der Waals surface area contributed by atoms with E-state index in [2.05, 4.69) is 36.8 Å². The van der Waals surface area contributed by atoms with Gasteiger partial charge in [0.05, 0.1) is 17.6 Å². The minimum atomic E-state index is -0.683. The maximum atomic E-state index is 13.3. The second-order valence-corrected chi connectivity index (χ2v) is 7.48. The number of ether oxygens (including phenoxy) is 1. The Morgan fingerprint density at radius 2 is 2.15 bits per heavy atom. The zero-order chi connectivity index (χ0) is 19.0. The van der Waals surface area contributed by atoms with Crippen molar-refractivity contribution in [1.82, 2.24) is 20.2 Å². The molecular weight excluding hydrogens is 434 g/mol. The minimum Gasteiger partial charge on any atom is -0.464 e. The summed E-state index contributed by atoms with van der Waals surface area (Å²) in [6, 6.07) is 10.2. The van der Waals surface area contributed by atoms with Gasteiger partial charge in [-0.3, -0.25) is 4.79 Å². The summed E-state index contributed by atoms with van der Waals surface area (Å²) >= 11 is 4.74. The SMILES string of the molecule is COC(=O)C1=C(C(=O)c2cccs2)[C@@H](c2cccc(Br)c2)n2nnnc2N1. The largest absolute Gasteiger partial charge is 0.464 e. The number of allylic oxidation sites excluding steroid dienone is 1. The third-order valence-electron chi connectivity index (χ3n) is 4.06. The second kappa shape index (κ2) is 7.05. The number of ketones is 1. The summed E-state index contributed by atoms with van der Waals surface area (Å²) in [5.41, 5.74) is 1.01. The highest BCUT2D eigenvalue weighted by Crippen LogP contribution is 2.37. The fraction of sp³-hybridized carbons (Fsp3) is 0.118. The molecule has 3 heterocycles. The molecule has 4 rings (SSSR count). The third kappa shape index (κ3) is 3.06. The first-order valence-corrected chi connectivity index (χ1v) is 9.48. The molecule has 27 heavy (non-hydrogen) atoms. The van der Waals surface area contributed by atoms with Crippen LogP contribution in [0.5, 0.6) is 0 Å². The van der Waals surface area contributed by atoms with E-state index in [0.717, 1.165) is 10.0 Å². The molecule has 0 amide bonds. The summed E-state index contributed by atoms with van der Waals surface area (Å²) in [6.45, 7) is 0. The van der Waals surface area contributed by atoms with Gasteiger partial charge in [0, 0.05) is 4.47 Å². The predicted octanol–water partition coefficient (Wildman–Crippen LogP) is 2.82. The number of aromatic nitrogens is 4. The number of carbonyl (C=O) groups is 2. The zero-order valence-electron chi connectivity index (χ0n) is 13.9. The van der Waals surface area contributed by atoms with Crippen LogP contribution >= 0.6 is 27.3 Å². The Morgan fingerprint density at radius 1 is 1.30 bits per heavy atom. The Labute approximate surface area is 166 Å². The number of nitrogens with one attached hydrogen (secondary N) is 1. The Kier molecular flexibility index (Phi) is 4.58. The Balaban J connectivity index is 1.97. The van der Waals surface area contributed by atoms with Crippen LogP contribution in [-0.4, -0.2) is 39.1 Å². The Morgan fingerprint density at radius 3 is 2.85 bits per heavy atom. The number of methoxy groups -OCH3 is 1. The summed E-state index contributed by atoms with van der Waals surface area (Å²) in [6.07, 6.45) is 0. The molecule has 10 heteroatoms. The number of nitrogens with zero attached hydrogens (tertiary/aromatic N) is 4. The fourth-order valence-corrected chi connectivity index (χ4v) is 4.01. The van der Waals surface area contributed by atoms with E-state index in [1.165, 1.54) is 23.1 Å². The van der Waals surface area contributed by atoms with Gasteiger partial charge in [-0.1, -0.05) is 39.2 Å². The topological polar surface area (TPSA) is 99.0 Å². The monoisotopic (exact) mass is 445 g/mol. The molecule has 1 atom stereocenters. The number of halogens is 1. The number of hydrogen-bond acceptors (Lipinski definition) is 8. The van der Waals surface area contributed by atoms with Gasteiger partial charge in [-0.05, 0) is 39.6 Å². The van der Waals surface area contributed by atoms with Crippen LogP contribution in [0, 0.1) is 0 Å². The number of thiophene rings is 1. The number of carbonyl (C=O) groups excluding carboxylic acids is 2. The lowest BCUT2D eigenvalue weighted by Crippen LogP contribution is -2.32. The normalized spacial score (nSPS) is 15.9. The molecule has 0 fully saturated rings. The van der Waals surface area contributed by atoms with Crippen molar-refractivity contribution >= 4 is 45.0 Å². The molecule has 2 aromatic heterocycles. The van der Waals surface area contributed by atoms with E-state index in [0.29, 0.717) is 4.88 Å². The first-order chi connectivity index (χ1) is 13.1. The van der Waals surface area contributed by atoms with E-state index in [1.807, 2.05) is 24.3 Å². The summed E-state index contributed by atoms with van der Waals surface area (Å²) in [4.78, 5) is 26.3. The van der Waals surface area contributed by atoms with Crippen LogP contribution in [0.2, 0.25) is 0 Å². The summed E-state index contributed by atoms with van der Waals surface area (Å²) in [7, 11) is 1.26. The number of benzene rings is 1. The lowest BCUT2D eigenvalue weighted by Gasteiger charge is -2.27. The van der Waals surface area contributed by atoms with Crippen molar-refractivity contribution < 1.29 is 14.3 Å². The van der Waals surface area contributed by atoms with Crippen LogP contribution < -0.4 is 5.32 Å². The molecule has 0 saturated carbocycles. The standard InChI is InChI=1S/C17H12BrN5O3S/c1-26-16(25)13-12(15(24)11-6-3-7-27-11)14(9-4-2-5-10(18)8-9)23-17(19-13)20-21-22-23/h2-8,14H,1H3,(H,19,20,22)/t14-/m1/s1. The number of esters is 1. The lowest BCUT2D eigenvalue weighted by molar-refractivity contribution is -0.136. The first kappa shape index (κ1) is 17.6. The van der Waals surface area contributed by atoms with Crippen molar-refractivity contribution in [3.8, 4) is 0 Å². The van der Waals surface area contributed by atoms with E-state index in [9.17, 15) is 9.59 Å². The summed E-state index contributed by atoms with van der Waals surface area (Å²) in [5, 5.41) is 16.2. The molecule has 0 saturated heterocycles. The number of hydrogen-bond donors (Lipinski definition) is 1. The van der Waals surface area contributed by atoms with Crippen LogP contribution in [0.1, 0.15) is 21.3 Å². The molecule has 1 aliphatic rings. The number of fused-ring (bicyclic) bond motifs is 1. The van der Waals surface area contributed by atoms with Gasteiger partial charge in [0.2, 0.25) is 11.7 Å². The summed E-state index contributed by atoms with van der Waals surface area (Å²) < 4.78 is 7.20. The third-order valence-corrected chi connectivity index (χ3v) is 5.42. The maximum absolute atomic E-state index is 13.3. The van der Waals surface area contributed by atoms with Gasteiger partial charge in [0.1, 0.15) is 11.7 Å². The highest BCUT2D eigenvalue weighted by molar-refractivity contribution is 9.10. The van der Waals surface area contributed by atoms with E-state index in [4.69, 9.17) is 4.74 Å². The molecule has 1 aliphatic heterocycles. The molecule has 0 radical (unpaired) electrons. The van der Waals surface area contributed by atoms with Crippen molar-refractivity contribution in [3.63, 3.8) is 0 Å². The molecule has 0 aliphatic carbocycles. The lowest BCUT2D eigenvalue weighted by atomic mass is 9.91. The van der Waals surface area contributed by atoms with Crippen LogP contribution in [0.4, 0.5) is 5.95 Å². The van der Waals surface area contributed by atoms with E-state index < -0.39 is 12.0 Å². The van der Waals surface area contributed by atoms with Crippen molar-refractivity contribution in [2.24, 2.45) is 0 Å². The molecule has 0 bridgehead atoms. The molecule has 1 aromatic carbocycles. The van der Waals surface area contributed by atoms with Gasteiger partial charge >= 0.3 is 5.97 Å². The van der Waals surface area contributed by atoms with Crippen molar-refractivity contribution in [2.75, 3.05) is 12.4 Å². The van der Waals surface area contributed by atoms with Gasteiger partial charge in [-0.25, -0.2) is 4.79 Å². The van der Waals surface area contributed by atoms with Crippen molar-refractivity contribution in [3.05, 3.63) is 68.0 Å². The Bertz CT molecular complexity index is 1060. The smallest absolute Gasteiger partial charge is 0.355 e. The molecule has 0 spiro atoms. The average molecular weight is 446 g/mol. The quantitative estimate of drug-likeness (QED) is 0.486. The van der Waals surface area contributed by atoms with Crippen LogP contribution in [-0.2, 0) is 9.53 Å². The number of rotatable bonds is 4. The molecular formula is C17H12BrN5O3S. The van der Waals surface area contributed by atoms with Crippen LogP contribution in [0.25, 0.3) is 0 Å². The Hall–Kier alpha value is -2.85. The van der Waals surface area contributed by atoms with Gasteiger partial charge in [0.15, 0.2) is 0 Å². The van der Waals surface area contributed by atoms with E-state index in [-0.39, 0.29) is 23.0 Å². The van der Waals surface area contributed by atoms with Gasteiger partial charge in [-0.15, -0.1) is 11.3 Å². The number of Topliss-reactive ketones (excluding diaryl/α,β-unsaturated/α-hetero) is 1. The van der Waals surface area contributed by atoms with Gasteiger partial charge in [-0.2, -0.15) is 4.68 Å². The predicted molar refractivity (Wildman–Crippen MR) is 101 cm³/mol. The average Bonchev–Trinajstić information content (AvgIpc) is 3.36. The number of anilines is 1. The zero-order valence-corrected chi connectivity index (χ0v) is 16.3. The second-order valence-electron chi connectivity index (χ2n) is 5.62. The molecule has 3 aromatic rings. The van der Waals surface area contributed by atoms with Crippen molar-refractivity contribution in [2.45, 2.75) is 6.04 Å². The maximum Gasteiger partial charge on any atom is 0.355 e. The minimum absolute atomic E-state index is 0.0307. The van der Waals surface area contributed by atoms with E-state index in [1.54, 1.807) is 17.5 Å². The van der Waals surface area contributed by atoms with Crippen LogP contribution in [0.3, 0.4) is 0 Å². The molecule has 0 unspecified atom stereocenters. The highest BCUT2D eigenvalue weighted by Gasteiger charge is 2.38. The molecule has 136 valence electrons. The van der Waals surface area contributed by atoms with Gasteiger partial charge < -0.3 is 10.1 Å².